The van der Waals surface area contributed by atoms with E-state index in [2.05, 4.69) is 20.6 Å². The Morgan fingerprint density at radius 1 is 1.56 bits per heavy atom. The number of hydrogen-bond donors (Lipinski definition) is 3. The Morgan fingerprint density at radius 2 is 2.44 bits per heavy atom. The number of rotatable bonds is 3. The molecule has 0 amide bonds. The maximum atomic E-state index is 5.50. The van der Waals surface area contributed by atoms with E-state index in [-0.39, 0.29) is 0 Å². The summed E-state index contributed by atoms with van der Waals surface area (Å²) in [4.78, 5) is 8.71. The van der Waals surface area contributed by atoms with Gasteiger partial charge in [-0.1, -0.05) is 6.07 Å². The lowest BCUT2D eigenvalue weighted by molar-refractivity contribution is 0.609. The Morgan fingerprint density at radius 3 is 3.19 bits per heavy atom. The van der Waals surface area contributed by atoms with E-state index in [1.54, 1.807) is 0 Å². The molecule has 0 aliphatic carbocycles. The maximum absolute atomic E-state index is 5.50. The lowest BCUT2D eigenvalue weighted by atomic mass is 10.2. The first-order chi connectivity index (χ1) is 7.78. The molecule has 0 fully saturated rings. The van der Waals surface area contributed by atoms with E-state index in [4.69, 9.17) is 5.73 Å². The van der Waals surface area contributed by atoms with Crippen LogP contribution in [0, 0.1) is 6.92 Å². The molecule has 0 bridgehead atoms. The van der Waals surface area contributed by atoms with Crippen LogP contribution in [0.4, 0.5) is 5.82 Å². The van der Waals surface area contributed by atoms with Crippen molar-refractivity contribution in [3.63, 3.8) is 0 Å². The van der Waals surface area contributed by atoms with Crippen LogP contribution in [-0.4, -0.2) is 30.1 Å². The molecule has 1 aliphatic rings. The van der Waals surface area contributed by atoms with E-state index in [1.807, 2.05) is 25.1 Å². The average molecular weight is 219 g/mol. The van der Waals surface area contributed by atoms with Gasteiger partial charge in [-0.25, -0.2) is 4.98 Å². The van der Waals surface area contributed by atoms with Gasteiger partial charge in [-0.2, -0.15) is 0 Å². The highest BCUT2D eigenvalue weighted by Gasteiger charge is 2.16. The highest BCUT2D eigenvalue weighted by Crippen LogP contribution is 2.06. The second-order valence-electron chi connectivity index (χ2n) is 3.90. The number of aliphatic imine (C=N–C) groups is 1. The molecule has 1 aromatic heterocycles. The summed E-state index contributed by atoms with van der Waals surface area (Å²) in [5.74, 6) is 1.61. The average Bonchev–Trinajstić information content (AvgIpc) is 2.66. The van der Waals surface area contributed by atoms with Crippen LogP contribution in [-0.2, 0) is 0 Å². The van der Waals surface area contributed by atoms with Gasteiger partial charge in [-0.3, -0.25) is 4.99 Å². The maximum Gasteiger partial charge on any atom is 0.197 e. The van der Waals surface area contributed by atoms with Crippen molar-refractivity contribution in [2.75, 3.05) is 18.4 Å². The van der Waals surface area contributed by atoms with Crippen LogP contribution in [0.1, 0.15) is 12.1 Å². The number of aryl methyl sites for hydroxylation is 1. The number of anilines is 1. The molecule has 0 aromatic carbocycles. The van der Waals surface area contributed by atoms with E-state index in [0.29, 0.717) is 12.6 Å². The first kappa shape index (κ1) is 10.9. The zero-order valence-corrected chi connectivity index (χ0v) is 9.40. The predicted molar refractivity (Wildman–Crippen MR) is 65.5 cm³/mol. The van der Waals surface area contributed by atoms with Gasteiger partial charge < -0.3 is 16.4 Å². The molecule has 1 aromatic rings. The largest absolute Gasteiger partial charge is 0.351 e. The lowest BCUT2D eigenvalue weighted by Crippen LogP contribution is -2.35. The monoisotopic (exact) mass is 219 g/mol. The van der Waals surface area contributed by atoms with Crippen molar-refractivity contribution in [1.82, 2.24) is 10.3 Å². The van der Waals surface area contributed by atoms with Crippen LogP contribution >= 0.6 is 0 Å². The summed E-state index contributed by atoms with van der Waals surface area (Å²) in [6, 6.07) is 6.22. The number of nitrogens with zero attached hydrogens (tertiary/aromatic N) is 2. The Bertz CT molecular complexity index is 388. The molecule has 5 heteroatoms. The zero-order valence-electron chi connectivity index (χ0n) is 9.40. The molecule has 1 aliphatic heterocycles. The molecule has 2 heterocycles. The molecular weight excluding hydrogens is 202 g/mol. The third-order valence-electron chi connectivity index (χ3n) is 2.46. The Kier molecular flexibility index (Phi) is 3.36. The Hall–Kier alpha value is -1.62. The minimum Gasteiger partial charge on any atom is -0.351 e. The fourth-order valence-corrected chi connectivity index (χ4v) is 1.66. The normalized spacial score (nSPS) is 19.1. The third kappa shape index (κ3) is 2.70. The van der Waals surface area contributed by atoms with Crippen LogP contribution in [0.5, 0.6) is 0 Å². The number of pyridine rings is 1. The molecule has 86 valence electrons. The van der Waals surface area contributed by atoms with E-state index in [0.717, 1.165) is 30.4 Å². The summed E-state index contributed by atoms with van der Waals surface area (Å²) in [7, 11) is 0. The second-order valence-corrected chi connectivity index (χ2v) is 3.90. The van der Waals surface area contributed by atoms with Crippen molar-refractivity contribution in [2.24, 2.45) is 10.7 Å². The third-order valence-corrected chi connectivity index (χ3v) is 2.46. The summed E-state index contributed by atoms with van der Waals surface area (Å²) in [6.07, 6.45) is 0.940. The van der Waals surface area contributed by atoms with Gasteiger partial charge in [0.15, 0.2) is 5.96 Å². The Labute approximate surface area is 95.2 Å². The van der Waals surface area contributed by atoms with Gasteiger partial charge in [-0.05, 0) is 32.0 Å². The standard InChI is InChI=1S/C11H17N5/c1-8-3-2-4-10(14-8)16-11-13-7-9(15-11)5-6-12/h2-4,9H,5-7,12H2,1H3,(H2,13,14,15,16)/t9-/m0/s1. The van der Waals surface area contributed by atoms with Gasteiger partial charge >= 0.3 is 0 Å². The second kappa shape index (κ2) is 4.94. The van der Waals surface area contributed by atoms with Crippen LogP contribution in [0.15, 0.2) is 23.2 Å². The highest BCUT2D eigenvalue weighted by atomic mass is 15.3. The van der Waals surface area contributed by atoms with Crippen molar-refractivity contribution >= 4 is 11.8 Å². The number of guanidine groups is 1. The Balaban J connectivity index is 1.92. The number of aromatic nitrogens is 1. The summed E-state index contributed by atoms with van der Waals surface area (Å²) in [6.45, 7) is 3.43. The van der Waals surface area contributed by atoms with Crippen LogP contribution in [0.2, 0.25) is 0 Å². The molecular formula is C11H17N5. The van der Waals surface area contributed by atoms with Gasteiger partial charge in [0.2, 0.25) is 0 Å². The van der Waals surface area contributed by atoms with Crippen LogP contribution < -0.4 is 16.4 Å². The van der Waals surface area contributed by atoms with Gasteiger partial charge in [0.25, 0.3) is 0 Å². The van der Waals surface area contributed by atoms with E-state index < -0.39 is 0 Å². The minimum absolute atomic E-state index is 0.359. The molecule has 0 spiro atoms. The van der Waals surface area contributed by atoms with Crippen molar-refractivity contribution in [3.8, 4) is 0 Å². The van der Waals surface area contributed by atoms with Gasteiger partial charge in [0.1, 0.15) is 5.82 Å². The fourth-order valence-electron chi connectivity index (χ4n) is 1.66. The van der Waals surface area contributed by atoms with E-state index >= 15 is 0 Å². The molecule has 0 unspecified atom stereocenters. The topological polar surface area (TPSA) is 75.3 Å². The summed E-state index contributed by atoms with van der Waals surface area (Å²) in [5.41, 5.74) is 6.49. The molecule has 5 nitrogen and oxygen atoms in total. The molecule has 16 heavy (non-hydrogen) atoms. The van der Waals surface area contributed by atoms with Crippen molar-refractivity contribution in [3.05, 3.63) is 23.9 Å². The molecule has 1 atom stereocenters. The highest BCUT2D eigenvalue weighted by molar-refractivity contribution is 5.94. The van der Waals surface area contributed by atoms with Crippen LogP contribution in [0.25, 0.3) is 0 Å². The zero-order chi connectivity index (χ0) is 11.4. The molecule has 0 radical (unpaired) electrons. The van der Waals surface area contributed by atoms with Crippen molar-refractivity contribution in [2.45, 2.75) is 19.4 Å². The lowest BCUT2D eigenvalue weighted by Gasteiger charge is -2.11. The smallest absolute Gasteiger partial charge is 0.197 e. The number of nitrogens with two attached hydrogens (primary N) is 1. The van der Waals surface area contributed by atoms with Gasteiger partial charge in [0.05, 0.1) is 6.54 Å². The molecule has 0 saturated heterocycles. The minimum atomic E-state index is 0.359. The SMILES string of the molecule is Cc1cccc(NC2=NC[C@H](CCN)N2)n1. The van der Waals surface area contributed by atoms with Crippen molar-refractivity contribution < 1.29 is 0 Å². The molecule has 4 N–H and O–H groups in total. The fraction of sp³-hybridized carbons (Fsp3) is 0.455. The summed E-state index contributed by atoms with van der Waals surface area (Å²) in [5, 5.41) is 6.44. The predicted octanol–water partition coefficient (Wildman–Crippen LogP) is 0.479. The summed E-state index contributed by atoms with van der Waals surface area (Å²) >= 11 is 0. The van der Waals surface area contributed by atoms with Gasteiger partial charge in [0, 0.05) is 11.7 Å². The number of nitrogens with one attached hydrogen (secondary N) is 2. The summed E-state index contributed by atoms with van der Waals surface area (Å²) < 4.78 is 0. The van der Waals surface area contributed by atoms with E-state index in [9.17, 15) is 0 Å². The molecule has 0 saturated carbocycles. The van der Waals surface area contributed by atoms with Crippen LogP contribution in [0.3, 0.4) is 0 Å². The van der Waals surface area contributed by atoms with Gasteiger partial charge in [-0.15, -0.1) is 0 Å². The van der Waals surface area contributed by atoms with Crippen molar-refractivity contribution in [1.29, 1.82) is 0 Å². The molecule has 2 rings (SSSR count). The quantitative estimate of drug-likeness (QED) is 0.691. The first-order valence-electron chi connectivity index (χ1n) is 5.49. The van der Waals surface area contributed by atoms with E-state index in [1.165, 1.54) is 0 Å². The first-order valence-corrected chi connectivity index (χ1v) is 5.49. The number of hydrogen-bond acceptors (Lipinski definition) is 5.